The molecule has 1 aromatic carbocycles. The minimum absolute atomic E-state index is 0. The number of nitrogens with zero attached hydrogens (tertiary/aromatic N) is 1. The maximum atomic E-state index is 12.8. The minimum Gasteiger partial charge on any atom is -0.314 e. The van der Waals surface area contributed by atoms with E-state index in [0.29, 0.717) is 0 Å². The van der Waals surface area contributed by atoms with Crippen molar-refractivity contribution in [1.29, 1.82) is 0 Å². The van der Waals surface area contributed by atoms with Crippen LogP contribution in [0.3, 0.4) is 0 Å². The van der Waals surface area contributed by atoms with Crippen molar-refractivity contribution in [2.24, 2.45) is 0 Å². The molecule has 1 atom stereocenters. The van der Waals surface area contributed by atoms with E-state index >= 15 is 0 Å². The Morgan fingerprint density at radius 1 is 1.22 bits per heavy atom. The second-order valence-corrected chi connectivity index (χ2v) is 5.73. The lowest BCUT2D eigenvalue weighted by Crippen LogP contribution is -2.45. The summed E-state index contributed by atoms with van der Waals surface area (Å²) in [6.45, 7) is 5.72. The van der Waals surface area contributed by atoms with Crippen molar-refractivity contribution in [3.63, 3.8) is 0 Å². The first-order chi connectivity index (χ1) is 9.93. The van der Waals surface area contributed by atoms with Crippen molar-refractivity contribution in [3.05, 3.63) is 34.3 Å². The molecule has 0 unspecified atom stereocenters. The molecular weight excluding hydrogens is 372 g/mol. The molecule has 1 heterocycles. The van der Waals surface area contributed by atoms with Crippen LogP contribution >= 0.6 is 36.4 Å². The van der Waals surface area contributed by atoms with Gasteiger partial charge in [-0.3, -0.25) is 4.90 Å². The highest BCUT2D eigenvalue weighted by Gasteiger charge is 2.33. The van der Waals surface area contributed by atoms with E-state index in [0.717, 1.165) is 50.7 Å². The van der Waals surface area contributed by atoms with Gasteiger partial charge in [-0.1, -0.05) is 31.0 Å². The molecule has 0 spiro atoms. The maximum absolute atomic E-state index is 12.8. The maximum Gasteiger partial charge on any atom is 0.417 e. The second-order valence-electron chi connectivity index (χ2n) is 5.33. The van der Waals surface area contributed by atoms with E-state index in [1.54, 1.807) is 6.07 Å². The van der Waals surface area contributed by atoms with Gasteiger partial charge in [0.05, 0.1) is 10.6 Å². The average molecular weight is 394 g/mol. The normalized spacial score (nSPS) is 17.1. The van der Waals surface area contributed by atoms with Gasteiger partial charge in [0.1, 0.15) is 0 Å². The topological polar surface area (TPSA) is 15.3 Å². The van der Waals surface area contributed by atoms with Crippen LogP contribution in [0.15, 0.2) is 18.2 Å². The van der Waals surface area contributed by atoms with E-state index < -0.39 is 11.7 Å². The van der Waals surface area contributed by atoms with Gasteiger partial charge in [0.15, 0.2) is 0 Å². The summed E-state index contributed by atoms with van der Waals surface area (Å²) >= 11 is 5.85. The zero-order valence-electron chi connectivity index (χ0n) is 12.8. The third-order valence-corrected chi connectivity index (χ3v) is 4.15. The first-order valence-corrected chi connectivity index (χ1v) is 7.62. The molecule has 1 N–H and O–H groups in total. The monoisotopic (exact) mass is 392 g/mol. The Morgan fingerprint density at radius 3 is 2.30 bits per heavy atom. The molecule has 0 radical (unpaired) electrons. The molecule has 0 aliphatic carbocycles. The molecule has 1 saturated heterocycles. The fraction of sp³-hybridized carbons (Fsp3) is 0.600. The van der Waals surface area contributed by atoms with Gasteiger partial charge in [-0.25, -0.2) is 0 Å². The fourth-order valence-electron chi connectivity index (χ4n) is 2.80. The van der Waals surface area contributed by atoms with Crippen LogP contribution in [0.5, 0.6) is 0 Å². The lowest BCUT2D eigenvalue weighted by molar-refractivity contribution is -0.137. The smallest absolute Gasteiger partial charge is 0.314 e. The Bertz CT molecular complexity index is 478. The van der Waals surface area contributed by atoms with Crippen LogP contribution in [0.2, 0.25) is 5.02 Å². The molecule has 23 heavy (non-hydrogen) atoms. The molecule has 1 aliphatic rings. The Hall–Kier alpha value is -0.200. The number of alkyl halides is 3. The van der Waals surface area contributed by atoms with Crippen molar-refractivity contribution in [2.45, 2.75) is 32.0 Å². The Morgan fingerprint density at radius 2 is 1.83 bits per heavy atom. The predicted molar refractivity (Wildman–Crippen MR) is 93.0 cm³/mol. The first kappa shape index (κ1) is 22.8. The molecule has 0 aromatic heterocycles. The fourth-order valence-corrected chi connectivity index (χ4v) is 3.09. The summed E-state index contributed by atoms with van der Waals surface area (Å²) in [6.07, 6.45) is -2.50. The highest BCUT2D eigenvalue weighted by molar-refractivity contribution is 6.31. The number of hydrogen-bond acceptors (Lipinski definition) is 2. The van der Waals surface area contributed by atoms with Crippen molar-refractivity contribution >= 4 is 36.4 Å². The molecule has 0 bridgehead atoms. The third kappa shape index (κ3) is 5.98. The lowest BCUT2D eigenvalue weighted by Gasteiger charge is -2.35. The molecule has 1 aliphatic heterocycles. The number of rotatable bonds is 4. The molecule has 0 saturated carbocycles. The standard InChI is InChI=1S/C15H20ClF3N2.2ClH/c1-2-3-14(21-8-6-20-7-9-21)11-4-5-12(13(16)10-11)15(17,18)19;;/h4-5,10,14,20H,2-3,6-9H2,1H3;2*1H/t14-;;/m0../s1. The quantitative estimate of drug-likeness (QED) is 0.778. The molecule has 2 rings (SSSR count). The largest absolute Gasteiger partial charge is 0.417 e. The summed E-state index contributed by atoms with van der Waals surface area (Å²) in [5.74, 6) is 0. The van der Waals surface area contributed by atoms with Gasteiger partial charge < -0.3 is 5.32 Å². The summed E-state index contributed by atoms with van der Waals surface area (Å²) in [5, 5.41) is 3.08. The van der Waals surface area contributed by atoms with E-state index in [9.17, 15) is 13.2 Å². The summed E-state index contributed by atoms with van der Waals surface area (Å²) in [4.78, 5) is 2.32. The number of hydrogen-bond donors (Lipinski definition) is 1. The van der Waals surface area contributed by atoms with Gasteiger partial charge in [0, 0.05) is 32.2 Å². The highest BCUT2D eigenvalue weighted by atomic mass is 35.5. The Labute approximate surface area is 152 Å². The second kappa shape index (κ2) is 9.94. The van der Waals surface area contributed by atoms with Gasteiger partial charge in [-0.15, -0.1) is 24.8 Å². The van der Waals surface area contributed by atoms with Crippen molar-refractivity contribution in [3.8, 4) is 0 Å². The number of halogens is 6. The molecule has 134 valence electrons. The van der Waals surface area contributed by atoms with Crippen molar-refractivity contribution < 1.29 is 13.2 Å². The SMILES string of the molecule is CCC[C@@H](c1ccc(C(F)(F)F)c(Cl)c1)N1CCNCC1.Cl.Cl. The van der Waals surface area contributed by atoms with Gasteiger partial charge >= 0.3 is 6.18 Å². The summed E-state index contributed by atoms with van der Waals surface area (Å²) in [7, 11) is 0. The van der Waals surface area contributed by atoms with Crippen molar-refractivity contribution in [2.75, 3.05) is 26.2 Å². The van der Waals surface area contributed by atoms with Crippen LogP contribution in [0.1, 0.15) is 36.9 Å². The van der Waals surface area contributed by atoms with Crippen LogP contribution in [0.4, 0.5) is 13.2 Å². The molecule has 0 amide bonds. The van der Waals surface area contributed by atoms with Crippen LogP contribution in [-0.4, -0.2) is 31.1 Å². The van der Waals surface area contributed by atoms with Gasteiger partial charge in [-0.05, 0) is 24.1 Å². The summed E-state index contributed by atoms with van der Waals surface area (Å²) in [6, 6.07) is 4.28. The molecule has 1 fully saturated rings. The van der Waals surface area contributed by atoms with Crippen LogP contribution in [0, 0.1) is 0 Å². The number of nitrogens with one attached hydrogen (secondary N) is 1. The van der Waals surface area contributed by atoms with E-state index in [2.05, 4.69) is 17.1 Å². The first-order valence-electron chi connectivity index (χ1n) is 7.25. The van der Waals surface area contributed by atoms with E-state index in [1.165, 1.54) is 6.07 Å². The van der Waals surface area contributed by atoms with Gasteiger partial charge in [-0.2, -0.15) is 13.2 Å². The zero-order chi connectivity index (χ0) is 15.5. The van der Waals surface area contributed by atoms with Crippen LogP contribution in [-0.2, 0) is 6.18 Å². The predicted octanol–water partition coefficient (Wildman–Crippen LogP) is 4.95. The van der Waals surface area contributed by atoms with E-state index in [4.69, 9.17) is 11.6 Å². The highest BCUT2D eigenvalue weighted by Crippen LogP contribution is 2.37. The molecular formula is C15H22Cl3F3N2. The third-order valence-electron chi connectivity index (χ3n) is 3.84. The van der Waals surface area contributed by atoms with E-state index in [1.807, 2.05) is 0 Å². The molecule has 2 nitrogen and oxygen atoms in total. The summed E-state index contributed by atoms with van der Waals surface area (Å²) in [5.41, 5.74) is 0.111. The molecule has 8 heteroatoms. The molecule has 1 aromatic rings. The Kier molecular flexibility index (Phi) is 9.86. The average Bonchev–Trinajstić information content (AvgIpc) is 2.44. The number of benzene rings is 1. The van der Waals surface area contributed by atoms with Crippen molar-refractivity contribution in [1.82, 2.24) is 10.2 Å². The van der Waals surface area contributed by atoms with E-state index in [-0.39, 0.29) is 35.9 Å². The minimum atomic E-state index is -4.40. The summed E-state index contributed by atoms with van der Waals surface area (Å²) < 4.78 is 38.3. The van der Waals surface area contributed by atoms with Crippen LogP contribution in [0.25, 0.3) is 0 Å². The lowest BCUT2D eigenvalue weighted by atomic mass is 9.98. The van der Waals surface area contributed by atoms with Gasteiger partial charge in [0.25, 0.3) is 0 Å². The van der Waals surface area contributed by atoms with Crippen LogP contribution < -0.4 is 5.32 Å². The Balaban J connectivity index is 0.00000242. The number of piperazine rings is 1. The van der Waals surface area contributed by atoms with Gasteiger partial charge in [0.2, 0.25) is 0 Å². The zero-order valence-corrected chi connectivity index (χ0v) is 15.2.